The molecule has 94 valence electrons. The van der Waals surface area contributed by atoms with Crippen LogP contribution < -0.4 is 0 Å². The molecule has 3 heteroatoms. The highest BCUT2D eigenvalue weighted by atomic mass is 35.5. The van der Waals surface area contributed by atoms with Crippen LogP contribution in [-0.4, -0.2) is 28.3 Å². The van der Waals surface area contributed by atoms with Gasteiger partial charge in [0, 0.05) is 23.4 Å². The molecule has 0 spiro atoms. The van der Waals surface area contributed by atoms with E-state index in [4.69, 9.17) is 11.6 Å². The number of rotatable bonds is 1. The van der Waals surface area contributed by atoms with Crippen molar-refractivity contribution in [2.45, 2.75) is 62.4 Å². The van der Waals surface area contributed by atoms with Gasteiger partial charge in [0.25, 0.3) is 0 Å². The molecule has 2 saturated carbocycles. The zero-order valence-corrected chi connectivity index (χ0v) is 10.9. The number of carbonyl (C=O) groups excluding carboxylic acids is 1. The Hall–Kier alpha value is -0.240. The fourth-order valence-electron chi connectivity index (χ4n) is 4.60. The van der Waals surface area contributed by atoms with Gasteiger partial charge in [-0.15, -0.1) is 11.6 Å². The zero-order chi connectivity index (χ0) is 11.6. The Bertz CT molecular complexity index is 334. The lowest BCUT2D eigenvalue weighted by Gasteiger charge is -2.38. The molecule has 0 radical (unpaired) electrons. The van der Waals surface area contributed by atoms with Crippen LogP contribution in [0.3, 0.4) is 0 Å². The summed E-state index contributed by atoms with van der Waals surface area (Å²) in [5.41, 5.74) is 0. The third-order valence-electron chi connectivity index (χ3n) is 5.52. The van der Waals surface area contributed by atoms with Crippen molar-refractivity contribution in [3.63, 3.8) is 0 Å². The number of piperidine rings is 1. The van der Waals surface area contributed by atoms with Crippen LogP contribution in [0.2, 0.25) is 0 Å². The lowest BCUT2D eigenvalue weighted by atomic mass is 9.96. The Morgan fingerprint density at radius 1 is 0.941 bits per heavy atom. The number of fused-ring (bicyclic) bond motifs is 3. The van der Waals surface area contributed by atoms with E-state index < -0.39 is 0 Å². The highest BCUT2D eigenvalue weighted by molar-refractivity contribution is 6.20. The summed E-state index contributed by atoms with van der Waals surface area (Å²) in [6.07, 6.45) is 8.22. The quantitative estimate of drug-likeness (QED) is 0.658. The van der Waals surface area contributed by atoms with Crippen LogP contribution in [0.1, 0.15) is 44.9 Å². The van der Waals surface area contributed by atoms with E-state index in [9.17, 15) is 4.79 Å². The number of carbonyl (C=O) groups is 1. The van der Waals surface area contributed by atoms with Crippen LogP contribution in [0.25, 0.3) is 0 Å². The topological polar surface area (TPSA) is 20.3 Å². The fraction of sp³-hybridized carbons (Fsp3) is 0.929. The number of hydrogen-bond donors (Lipinski definition) is 0. The van der Waals surface area contributed by atoms with Crippen LogP contribution in [0.5, 0.6) is 0 Å². The van der Waals surface area contributed by atoms with E-state index in [1.807, 2.05) is 0 Å². The second kappa shape index (κ2) is 3.63. The summed E-state index contributed by atoms with van der Waals surface area (Å²) < 4.78 is 0. The molecule has 1 amide bonds. The van der Waals surface area contributed by atoms with Gasteiger partial charge in [-0.25, -0.2) is 0 Å². The molecule has 0 aromatic heterocycles. The zero-order valence-electron chi connectivity index (χ0n) is 10.1. The van der Waals surface area contributed by atoms with E-state index in [1.54, 1.807) is 0 Å². The van der Waals surface area contributed by atoms with Crippen molar-refractivity contribution in [1.29, 1.82) is 0 Å². The Morgan fingerprint density at radius 2 is 1.53 bits per heavy atom. The Morgan fingerprint density at radius 3 is 2.12 bits per heavy atom. The molecule has 2 nitrogen and oxygen atoms in total. The standard InChI is InChI=1S/C14H20ClNO/c15-11-6-12-1-2-13(7-11)16(12)14(17)10-4-8-3-9(8)5-10/h8-13H,1-7H2. The molecule has 2 bridgehead atoms. The van der Waals surface area contributed by atoms with Crippen molar-refractivity contribution in [1.82, 2.24) is 4.90 Å². The van der Waals surface area contributed by atoms with Gasteiger partial charge < -0.3 is 4.90 Å². The predicted molar refractivity (Wildman–Crippen MR) is 66.9 cm³/mol. The minimum absolute atomic E-state index is 0.313. The maximum absolute atomic E-state index is 12.6. The van der Waals surface area contributed by atoms with Crippen LogP contribution >= 0.6 is 11.6 Å². The normalized spacial score (nSPS) is 51.5. The molecular formula is C14H20ClNO. The Labute approximate surface area is 108 Å². The van der Waals surface area contributed by atoms with E-state index in [2.05, 4.69) is 4.90 Å². The molecule has 2 aliphatic heterocycles. The van der Waals surface area contributed by atoms with Gasteiger partial charge in [-0.2, -0.15) is 0 Å². The van der Waals surface area contributed by atoms with Gasteiger partial charge in [0.2, 0.25) is 5.91 Å². The SMILES string of the molecule is O=C(C1CC2CC2C1)N1C2CCC1CC(Cl)C2. The number of halogens is 1. The van der Waals surface area contributed by atoms with Gasteiger partial charge in [0.15, 0.2) is 0 Å². The summed E-state index contributed by atoms with van der Waals surface area (Å²) in [5, 5.41) is 0.313. The first-order chi connectivity index (χ1) is 8.22. The van der Waals surface area contributed by atoms with Crippen molar-refractivity contribution in [3.8, 4) is 0 Å². The Balaban J connectivity index is 1.49. The minimum Gasteiger partial charge on any atom is -0.336 e. The summed E-state index contributed by atoms with van der Waals surface area (Å²) in [6.45, 7) is 0. The summed E-state index contributed by atoms with van der Waals surface area (Å²) in [7, 11) is 0. The molecule has 0 N–H and O–H groups in total. The second-order valence-electron chi connectivity index (χ2n) is 6.62. The predicted octanol–water partition coefficient (Wildman–Crippen LogP) is 2.79. The third-order valence-corrected chi connectivity index (χ3v) is 5.88. The lowest BCUT2D eigenvalue weighted by molar-refractivity contribution is -0.140. The van der Waals surface area contributed by atoms with Crippen molar-refractivity contribution in [2.75, 3.05) is 0 Å². The van der Waals surface area contributed by atoms with Crippen LogP contribution in [0, 0.1) is 17.8 Å². The van der Waals surface area contributed by atoms with Gasteiger partial charge >= 0.3 is 0 Å². The first kappa shape index (κ1) is 10.7. The van der Waals surface area contributed by atoms with Gasteiger partial charge in [0.05, 0.1) is 0 Å². The van der Waals surface area contributed by atoms with E-state index in [0.29, 0.717) is 29.3 Å². The lowest BCUT2D eigenvalue weighted by Crippen LogP contribution is -2.49. The molecule has 2 heterocycles. The van der Waals surface area contributed by atoms with Gasteiger partial charge in [-0.05, 0) is 56.8 Å². The molecule has 0 aromatic rings. The van der Waals surface area contributed by atoms with Crippen molar-refractivity contribution in [2.24, 2.45) is 17.8 Å². The van der Waals surface area contributed by atoms with Gasteiger partial charge in [-0.1, -0.05) is 0 Å². The average molecular weight is 254 g/mol. The van der Waals surface area contributed by atoms with E-state index in [1.165, 1.54) is 32.1 Å². The van der Waals surface area contributed by atoms with E-state index in [-0.39, 0.29) is 0 Å². The smallest absolute Gasteiger partial charge is 0.226 e. The van der Waals surface area contributed by atoms with E-state index >= 15 is 0 Å². The van der Waals surface area contributed by atoms with Gasteiger partial charge in [-0.3, -0.25) is 4.79 Å². The molecule has 4 unspecified atom stereocenters. The van der Waals surface area contributed by atoms with Crippen molar-refractivity contribution >= 4 is 17.5 Å². The largest absolute Gasteiger partial charge is 0.336 e. The van der Waals surface area contributed by atoms with Crippen molar-refractivity contribution < 1.29 is 4.79 Å². The number of alkyl halides is 1. The molecule has 4 rings (SSSR count). The van der Waals surface area contributed by atoms with Crippen molar-refractivity contribution in [3.05, 3.63) is 0 Å². The first-order valence-corrected chi connectivity index (χ1v) is 7.62. The van der Waals surface area contributed by atoms with Crippen LogP contribution in [0.15, 0.2) is 0 Å². The average Bonchev–Trinajstić information content (AvgIpc) is 2.81. The number of nitrogens with zero attached hydrogens (tertiary/aromatic N) is 1. The van der Waals surface area contributed by atoms with E-state index in [0.717, 1.165) is 24.7 Å². The summed E-state index contributed by atoms with van der Waals surface area (Å²) in [5.74, 6) is 2.67. The fourth-order valence-corrected chi connectivity index (χ4v) is 5.01. The van der Waals surface area contributed by atoms with Crippen LogP contribution in [-0.2, 0) is 4.79 Å². The molecular weight excluding hydrogens is 234 g/mol. The van der Waals surface area contributed by atoms with Gasteiger partial charge in [0.1, 0.15) is 0 Å². The Kier molecular flexibility index (Phi) is 2.28. The summed E-state index contributed by atoms with van der Waals surface area (Å²) >= 11 is 6.27. The second-order valence-corrected chi connectivity index (χ2v) is 7.24. The number of amides is 1. The third kappa shape index (κ3) is 1.63. The molecule has 4 aliphatic rings. The molecule has 2 saturated heterocycles. The van der Waals surface area contributed by atoms with Crippen LogP contribution in [0.4, 0.5) is 0 Å². The number of hydrogen-bond acceptors (Lipinski definition) is 1. The first-order valence-electron chi connectivity index (χ1n) is 7.18. The monoisotopic (exact) mass is 253 g/mol. The molecule has 0 aromatic carbocycles. The maximum Gasteiger partial charge on any atom is 0.226 e. The molecule has 17 heavy (non-hydrogen) atoms. The summed E-state index contributed by atoms with van der Waals surface area (Å²) in [6, 6.07) is 0.946. The molecule has 2 aliphatic carbocycles. The molecule has 4 atom stereocenters. The minimum atomic E-state index is 0.313. The molecule has 4 fully saturated rings. The summed E-state index contributed by atoms with van der Waals surface area (Å²) in [4.78, 5) is 14.9. The highest BCUT2D eigenvalue weighted by Gasteiger charge is 2.51. The maximum atomic E-state index is 12.6. The highest BCUT2D eigenvalue weighted by Crippen LogP contribution is 2.55.